The Morgan fingerprint density at radius 1 is 1.24 bits per heavy atom. The van der Waals surface area contributed by atoms with Gasteiger partial charge >= 0.3 is 6.18 Å². The average molecular weight is 364 g/mol. The van der Waals surface area contributed by atoms with Gasteiger partial charge in [-0.3, -0.25) is 0 Å². The highest BCUT2D eigenvalue weighted by atomic mass is 35.5. The van der Waals surface area contributed by atoms with Crippen LogP contribution < -0.4 is 0 Å². The quantitative estimate of drug-likeness (QED) is 0.456. The molecule has 0 amide bonds. The Kier molecular flexibility index (Phi) is 6.81. The summed E-state index contributed by atoms with van der Waals surface area (Å²) in [6, 6.07) is 4.45. The van der Waals surface area contributed by atoms with Crippen molar-refractivity contribution in [3.63, 3.8) is 0 Å². The highest BCUT2D eigenvalue weighted by Crippen LogP contribution is 2.32. The van der Waals surface area contributed by atoms with Gasteiger partial charge in [-0.2, -0.15) is 13.2 Å². The molecule has 0 saturated heterocycles. The maximum Gasteiger partial charge on any atom is 0.411 e. The summed E-state index contributed by atoms with van der Waals surface area (Å²) < 4.78 is 40.1. The van der Waals surface area contributed by atoms with Gasteiger partial charge in [0.2, 0.25) is 0 Å². The van der Waals surface area contributed by atoms with Crippen LogP contribution in [0.3, 0.4) is 0 Å². The molecule has 0 saturated carbocycles. The molecule has 1 N–H and O–H groups in total. The van der Waals surface area contributed by atoms with Crippen molar-refractivity contribution in [1.82, 2.24) is 0 Å². The van der Waals surface area contributed by atoms with E-state index in [2.05, 4.69) is 4.74 Å². The molecule has 21 heavy (non-hydrogen) atoms. The van der Waals surface area contributed by atoms with E-state index in [-0.39, 0.29) is 17.5 Å². The van der Waals surface area contributed by atoms with Crippen LogP contribution in [0.2, 0.25) is 10.0 Å². The second kappa shape index (κ2) is 7.70. The van der Waals surface area contributed by atoms with E-state index in [1.807, 2.05) is 0 Å². The van der Waals surface area contributed by atoms with E-state index < -0.39 is 18.4 Å². The predicted octanol–water partition coefficient (Wildman–Crippen LogP) is 4.55. The molecule has 0 radical (unpaired) electrons. The van der Waals surface area contributed by atoms with E-state index in [9.17, 15) is 18.3 Å². The van der Waals surface area contributed by atoms with Crippen LogP contribution in [0.1, 0.15) is 5.56 Å². The molecule has 8 heteroatoms. The molecule has 0 heterocycles. The third-order valence-corrected chi connectivity index (χ3v) is 3.43. The van der Waals surface area contributed by atoms with Crippen molar-refractivity contribution in [2.45, 2.75) is 11.8 Å². The number of alkyl halides is 4. The summed E-state index contributed by atoms with van der Waals surface area (Å²) in [4.78, 5) is 0. The smallest absolute Gasteiger partial charge is 0.380 e. The minimum absolute atomic E-state index is 0.200. The van der Waals surface area contributed by atoms with Gasteiger partial charge in [-0.15, -0.1) is 11.6 Å². The van der Waals surface area contributed by atoms with Gasteiger partial charge in [0.1, 0.15) is 12.2 Å². The Bertz CT molecular complexity index is 506. The molecule has 1 aromatic rings. The van der Waals surface area contributed by atoms with E-state index >= 15 is 0 Å². The second-order valence-corrected chi connectivity index (χ2v) is 5.33. The van der Waals surface area contributed by atoms with Gasteiger partial charge in [-0.1, -0.05) is 35.3 Å². The Morgan fingerprint density at radius 3 is 2.43 bits per heavy atom. The molecule has 1 rings (SSSR count). The lowest BCUT2D eigenvalue weighted by Gasteiger charge is -2.23. The molecular formula is C13H12Cl3F3O2. The summed E-state index contributed by atoms with van der Waals surface area (Å²) in [6.07, 6.45) is -1.90. The fraction of sp³-hybridized carbons (Fsp3) is 0.385. The fourth-order valence-electron chi connectivity index (χ4n) is 1.53. The third kappa shape index (κ3) is 6.04. The number of ether oxygens (including phenoxy) is 1. The maximum atomic E-state index is 11.9. The molecule has 1 unspecified atom stereocenters. The molecule has 0 aromatic heterocycles. The number of hydrogen-bond donors (Lipinski definition) is 1. The largest absolute Gasteiger partial charge is 0.411 e. The van der Waals surface area contributed by atoms with Gasteiger partial charge in [0.05, 0.1) is 12.5 Å². The summed E-state index contributed by atoms with van der Waals surface area (Å²) in [5.41, 5.74) is -1.32. The standard InChI is InChI=1S/C13H12Cl3F3O2/c14-7-12(20,4-1-5-21-8-13(17,18)19)10-3-2-9(15)6-11(10)16/h1-4,6,20H,5,7-8H2. The fourth-order valence-corrected chi connectivity index (χ4v) is 2.34. The zero-order valence-corrected chi connectivity index (χ0v) is 12.9. The molecule has 2 nitrogen and oxygen atoms in total. The first kappa shape index (κ1) is 18.6. The lowest BCUT2D eigenvalue weighted by atomic mass is 9.95. The zero-order chi connectivity index (χ0) is 16.1. The van der Waals surface area contributed by atoms with Crippen LogP contribution in [0.5, 0.6) is 0 Å². The summed E-state index contributed by atoms with van der Waals surface area (Å²) in [6.45, 7) is -1.68. The molecular weight excluding hydrogens is 351 g/mol. The Balaban J connectivity index is 2.76. The molecule has 0 spiro atoms. The minimum atomic E-state index is -4.39. The lowest BCUT2D eigenvalue weighted by Crippen LogP contribution is -2.25. The van der Waals surface area contributed by atoms with Crippen LogP contribution in [-0.2, 0) is 10.3 Å². The SMILES string of the molecule is OC(C=CCOCC(F)(F)F)(CCl)c1ccc(Cl)cc1Cl. The second-order valence-electron chi connectivity index (χ2n) is 4.21. The minimum Gasteiger partial charge on any atom is -0.380 e. The molecule has 1 aromatic carbocycles. The zero-order valence-electron chi connectivity index (χ0n) is 10.6. The average Bonchev–Trinajstić information content (AvgIpc) is 2.36. The first-order chi connectivity index (χ1) is 9.68. The summed E-state index contributed by atoms with van der Waals surface area (Å²) >= 11 is 17.5. The van der Waals surface area contributed by atoms with Crippen LogP contribution >= 0.6 is 34.8 Å². The number of benzene rings is 1. The van der Waals surface area contributed by atoms with Gasteiger partial charge in [-0.25, -0.2) is 0 Å². The van der Waals surface area contributed by atoms with Gasteiger partial charge in [-0.05, 0) is 18.2 Å². The van der Waals surface area contributed by atoms with Crippen LogP contribution in [0.4, 0.5) is 13.2 Å². The summed E-state index contributed by atoms with van der Waals surface area (Å²) in [5, 5.41) is 11.0. The number of aliphatic hydroxyl groups is 1. The van der Waals surface area contributed by atoms with E-state index in [0.29, 0.717) is 10.6 Å². The van der Waals surface area contributed by atoms with Crippen molar-refractivity contribution >= 4 is 34.8 Å². The Morgan fingerprint density at radius 2 is 1.90 bits per heavy atom. The molecule has 0 aliphatic rings. The van der Waals surface area contributed by atoms with E-state index in [0.717, 1.165) is 0 Å². The first-order valence-electron chi connectivity index (χ1n) is 5.74. The molecule has 1 atom stereocenters. The topological polar surface area (TPSA) is 29.5 Å². The number of hydrogen-bond acceptors (Lipinski definition) is 2. The molecule has 0 fully saturated rings. The molecule has 118 valence electrons. The van der Waals surface area contributed by atoms with Crippen molar-refractivity contribution < 1.29 is 23.0 Å². The van der Waals surface area contributed by atoms with Crippen molar-refractivity contribution in [3.05, 3.63) is 46.0 Å². The molecule has 0 aliphatic carbocycles. The highest BCUT2D eigenvalue weighted by Gasteiger charge is 2.28. The van der Waals surface area contributed by atoms with Crippen molar-refractivity contribution in [3.8, 4) is 0 Å². The van der Waals surface area contributed by atoms with Crippen LogP contribution in [0, 0.1) is 0 Å². The number of rotatable bonds is 6. The van der Waals surface area contributed by atoms with Gasteiger partial charge < -0.3 is 9.84 Å². The predicted molar refractivity (Wildman–Crippen MR) is 77.1 cm³/mol. The van der Waals surface area contributed by atoms with Crippen molar-refractivity contribution in [2.24, 2.45) is 0 Å². The maximum absolute atomic E-state index is 11.9. The van der Waals surface area contributed by atoms with Crippen molar-refractivity contribution in [2.75, 3.05) is 19.1 Å². The van der Waals surface area contributed by atoms with E-state index in [1.165, 1.54) is 30.4 Å². The van der Waals surface area contributed by atoms with Gasteiger partial charge in [0, 0.05) is 15.6 Å². The Labute approximate surface area is 135 Å². The van der Waals surface area contributed by atoms with E-state index in [1.54, 1.807) is 0 Å². The van der Waals surface area contributed by atoms with Crippen molar-refractivity contribution in [1.29, 1.82) is 0 Å². The molecule has 0 aliphatic heterocycles. The van der Waals surface area contributed by atoms with E-state index in [4.69, 9.17) is 34.8 Å². The van der Waals surface area contributed by atoms with Crippen LogP contribution in [0.15, 0.2) is 30.4 Å². The monoisotopic (exact) mass is 362 g/mol. The number of halogens is 6. The third-order valence-electron chi connectivity index (χ3n) is 2.47. The van der Waals surface area contributed by atoms with Gasteiger partial charge in [0.15, 0.2) is 0 Å². The molecule has 0 bridgehead atoms. The highest BCUT2D eigenvalue weighted by molar-refractivity contribution is 6.35. The first-order valence-corrected chi connectivity index (χ1v) is 7.03. The lowest BCUT2D eigenvalue weighted by molar-refractivity contribution is -0.171. The van der Waals surface area contributed by atoms with Crippen LogP contribution in [-0.4, -0.2) is 30.4 Å². The Hall–Kier alpha value is -0.460. The normalized spacial score (nSPS) is 15.4. The summed E-state index contributed by atoms with van der Waals surface area (Å²) in [7, 11) is 0. The summed E-state index contributed by atoms with van der Waals surface area (Å²) in [5.74, 6) is -0.232. The van der Waals surface area contributed by atoms with Gasteiger partial charge in [0.25, 0.3) is 0 Å². The van der Waals surface area contributed by atoms with Crippen LogP contribution in [0.25, 0.3) is 0 Å².